The third-order valence-corrected chi connectivity index (χ3v) is 6.01. The fourth-order valence-electron chi connectivity index (χ4n) is 2.14. The van der Waals surface area contributed by atoms with E-state index in [1.165, 1.54) is 12.5 Å². The molecule has 0 bridgehead atoms. The van der Waals surface area contributed by atoms with Crippen LogP contribution in [0.3, 0.4) is 0 Å². The second-order valence-electron chi connectivity index (χ2n) is 4.70. The molecule has 18 heavy (non-hydrogen) atoms. The SMILES string of the molecule is CS(=O)(=O)c1ccc(C(=O)NC2CCCCC2)s1. The average Bonchev–Trinajstić information content (AvgIpc) is 2.79. The van der Waals surface area contributed by atoms with Gasteiger partial charge in [0.05, 0.1) is 4.88 Å². The quantitative estimate of drug-likeness (QED) is 0.927. The van der Waals surface area contributed by atoms with Crippen molar-refractivity contribution in [2.75, 3.05) is 6.26 Å². The van der Waals surface area contributed by atoms with Crippen molar-refractivity contribution in [2.24, 2.45) is 0 Å². The highest BCUT2D eigenvalue weighted by molar-refractivity contribution is 7.92. The third kappa shape index (κ3) is 3.32. The number of amides is 1. The summed E-state index contributed by atoms with van der Waals surface area (Å²) in [6.07, 6.45) is 6.76. The molecule has 0 unspecified atom stereocenters. The zero-order valence-electron chi connectivity index (χ0n) is 10.3. The highest BCUT2D eigenvalue weighted by Crippen LogP contribution is 2.23. The van der Waals surface area contributed by atoms with Gasteiger partial charge in [0.1, 0.15) is 4.21 Å². The number of hydrogen-bond acceptors (Lipinski definition) is 4. The van der Waals surface area contributed by atoms with Gasteiger partial charge in [0.25, 0.3) is 5.91 Å². The van der Waals surface area contributed by atoms with Crippen LogP contribution in [0.15, 0.2) is 16.3 Å². The summed E-state index contributed by atoms with van der Waals surface area (Å²) < 4.78 is 22.9. The van der Waals surface area contributed by atoms with Crippen LogP contribution in [0.4, 0.5) is 0 Å². The van der Waals surface area contributed by atoms with Gasteiger partial charge in [-0.3, -0.25) is 4.79 Å². The first-order valence-corrected chi connectivity index (χ1v) is 8.78. The monoisotopic (exact) mass is 287 g/mol. The second kappa shape index (κ2) is 5.40. The molecule has 1 fully saturated rings. The van der Waals surface area contributed by atoms with Crippen LogP contribution < -0.4 is 5.32 Å². The molecular formula is C12H17NO3S2. The molecule has 0 aromatic carbocycles. The van der Waals surface area contributed by atoms with Crippen molar-refractivity contribution in [1.82, 2.24) is 5.32 Å². The molecule has 0 atom stereocenters. The van der Waals surface area contributed by atoms with Crippen molar-refractivity contribution in [3.63, 3.8) is 0 Å². The zero-order chi connectivity index (χ0) is 13.2. The Morgan fingerprint density at radius 1 is 1.28 bits per heavy atom. The van der Waals surface area contributed by atoms with Gasteiger partial charge in [-0.25, -0.2) is 8.42 Å². The maximum Gasteiger partial charge on any atom is 0.261 e. The molecule has 0 saturated heterocycles. The number of carbonyl (C=O) groups is 1. The Balaban J connectivity index is 2.02. The minimum absolute atomic E-state index is 0.151. The number of sulfone groups is 1. The molecule has 0 aliphatic heterocycles. The van der Waals surface area contributed by atoms with Gasteiger partial charge in [-0.2, -0.15) is 0 Å². The van der Waals surface area contributed by atoms with Gasteiger partial charge in [0.2, 0.25) is 0 Å². The molecular weight excluding hydrogens is 270 g/mol. The summed E-state index contributed by atoms with van der Waals surface area (Å²) in [4.78, 5) is 12.4. The van der Waals surface area contributed by atoms with E-state index in [2.05, 4.69) is 5.32 Å². The molecule has 0 radical (unpaired) electrons. The fourth-order valence-corrected chi connectivity index (χ4v) is 3.98. The third-order valence-electron chi connectivity index (χ3n) is 3.11. The van der Waals surface area contributed by atoms with Crippen molar-refractivity contribution in [3.05, 3.63) is 17.0 Å². The lowest BCUT2D eigenvalue weighted by atomic mass is 9.95. The van der Waals surface area contributed by atoms with Crippen LogP contribution in [0.5, 0.6) is 0 Å². The maximum atomic E-state index is 12.0. The lowest BCUT2D eigenvalue weighted by Crippen LogP contribution is -2.35. The van der Waals surface area contributed by atoms with Crippen LogP contribution in [0.2, 0.25) is 0 Å². The van der Waals surface area contributed by atoms with Gasteiger partial charge >= 0.3 is 0 Å². The first-order valence-electron chi connectivity index (χ1n) is 6.07. The van der Waals surface area contributed by atoms with E-state index in [1.807, 2.05) is 0 Å². The van der Waals surface area contributed by atoms with E-state index in [1.54, 1.807) is 6.07 Å². The molecule has 1 saturated carbocycles. The summed E-state index contributed by atoms with van der Waals surface area (Å²) in [6.45, 7) is 0. The Bertz CT molecular complexity index is 527. The van der Waals surface area contributed by atoms with E-state index in [0.29, 0.717) is 4.88 Å². The van der Waals surface area contributed by atoms with Crippen LogP contribution in [-0.4, -0.2) is 26.6 Å². The maximum absolute atomic E-state index is 12.0. The van der Waals surface area contributed by atoms with Crippen molar-refractivity contribution in [3.8, 4) is 0 Å². The van der Waals surface area contributed by atoms with E-state index in [0.717, 1.165) is 43.3 Å². The van der Waals surface area contributed by atoms with E-state index in [-0.39, 0.29) is 16.2 Å². The molecule has 1 aliphatic carbocycles. The van der Waals surface area contributed by atoms with Crippen molar-refractivity contribution in [2.45, 2.75) is 42.4 Å². The topological polar surface area (TPSA) is 63.2 Å². The minimum atomic E-state index is -3.21. The van der Waals surface area contributed by atoms with Gasteiger partial charge in [-0.1, -0.05) is 19.3 Å². The summed E-state index contributed by atoms with van der Waals surface area (Å²) in [5.41, 5.74) is 0. The molecule has 1 aromatic rings. The lowest BCUT2D eigenvalue weighted by Gasteiger charge is -2.22. The molecule has 1 aromatic heterocycles. The molecule has 1 aliphatic rings. The minimum Gasteiger partial charge on any atom is -0.349 e. The predicted octanol–water partition coefficient (Wildman–Crippen LogP) is 2.21. The Morgan fingerprint density at radius 2 is 1.94 bits per heavy atom. The van der Waals surface area contributed by atoms with Gasteiger partial charge in [-0.15, -0.1) is 11.3 Å². The van der Waals surface area contributed by atoms with Gasteiger partial charge < -0.3 is 5.32 Å². The summed E-state index contributed by atoms with van der Waals surface area (Å²) >= 11 is 1.04. The van der Waals surface area contributed by atoms with E-state index in [9.17, 15) is 13.2 Å². The number of hydrogen-bond donors (Lipinski definition) is 1. The smallest absolute Gasteiger partial charge is 0.261 e. The molecule has 2 rings (SSSR count). The normalized spacial score (nSPS) is 17.6. The number of rotatable bonds is 3. The van der Waals surface area contributed by atoms with Gasteiger partial charge in [-0.05, 0) is 25.0 Å². The first kappa shape index (κ1) is 13.5. The molecule has 100 valence electrons. The van der Waals surface area contributed by atoms with Crippen LogP contribution in [-0.2, 0) is 9.84 Å². The number of thiophene rings is 1. The highest BCUT2D eigenvalue weighted by Gasteiger charge is 2.19. The average molecular weight is 287 g/mol. The molecule has 4 nitrogen and oxygen atoms in total. The summed E-state index contributed by atoms with van der Waals surface area (Å²) in [7, 11) is -3.21. The number of nitrogens with one attached hydrogen (secondary N) is 1. The largest absolute Gasteiger partial charge is 0.349 e. The predicted molar refractivity (Wildman–Crippen MR) is 71.8 cm³/mol. The first-order chi connectivity index (χ1) is 8.47. The van der Waals surface area contributed by atoms with Crippen LogP contribution in [0.25, 0.3) is 0 Å². The molecule has 1 heterocycles. The van der Waals surface area contributed by atoms with Crippen LogP contribution >= 0.6 is 11.3 Å². The van der Waals surface area contributed by atoms with Crippen molar-refractivity contribution in [1.29, 1.82) is 0 Å². The Kier molecular flexibility index (Phi) is 4.07. The Hall–Kier alpha value is -0.880. The molecule has 1 N–H and O–H groups in total. The second-order valence-corrected chi connectivity index (χ2v) is 8.03. The van der Waals surface area contributed by atoms with Crippen molar-refractivity contribution >= 4 is 27.1 Å². The van der Waals surface area contributed by atoms with Crippen LogP contribution in [0, 0.1) is 0 Å². The summed E-state index contributed by atoms with van der Waals surface area (Å²) in [5, 5.41) is 2.98. The molecule has 1 amide bonds. The summed E-state index contributed by atoms with van der Waals surface area (Å²) in [5.74, 6) is -0.151. The zero-order valence-corrected chi connectivity index (χ0v) is 11.9. The van der Waals surface area contributed by atoms with E-state index in [4.69, 9.17) is 0 Å². The Morgan fingerprint density at radius 3 is 2.50 bits per heavy atom. The summed E-state index contributed by atoms with van der Waals surface area (Å²) in [6, 6.07) is 3.32. The van der Waals surface area contributed by atoms with Crippen molar-refractivity contribution < 1.29 is 13.2 Å². The van der Waals surface area contributed by atoms with E-state index < -0.39 is 9.84 Å². The fraction of sp³-hybridized carbons (Fsp3) is 0.583. The lowest BCUT2D eigenvalue weighted by molar-refractivity contribution is 0.0932. The highest BCUT2D eigenvalue weighted by atomic mass is 32.2. The number of carbonyl (C=O) groups excluding carboxylic acids is 1. The van der Waals surface area contributed by atoms with Gasteiger partial charge in [0.15, 0.2) is 9.84 Å². The molecule has 0 spiro atoms. The van der Waals surface area contributed by atoms with Crippen LogP contribution in [0.1, 0.15) is 41.8 Å². The standard InChI is InChI=1S/C12H17NO3S2/c1-18(15,16)11-8-7-10(17-11)12(14)13-9-5-3-2-4-6-9/h7-9H,2-6H2,1H3,(H,13,14). The Labute approximate surface area is 111 Å². The van der Waals surface area contributed by atoms with Gasteiger partial charge in [0, 0.05) is 12.3 Å². The van der Waals surface area contributed by atoms with E-state index >= 15 is 0 Å². The molecule has 6 heteroatoms.